The summed E-state index contributed by atoms with van der Waals surface area (Å²) in [6.07, 6.45) is 2.02. The van der Waals surface area contributed by atoms with E-state index >= 15 is 0 Å². The second-order valence-electron chi connectivity index (χ2n) is 7.43. The summed E-state index contributed by atoms with van der Waals surface area (Å²) in [6, 6.07) is 6.72. The molecule has 2 aliphatic rings. The Morgan fingerprint density at radius 2 is 1.86 bits per heavy atom. The summed E-state index contributed by atoms with van der Waals surface area (Å²) in [6.45, 7) is 7.55. The van der Waals surface area contributed by atoms with E-state index in [1.54, 1.807) is 0 Å². The van der Waals surface area contributed by atoms with E-state index in [1.807, 2.05) is 19.1 Å². The number of rotatable bonds is 9. The van der Waals surface area contributed by atoms with E-state index in [-0.39, 0.29) is 23.7 Å². The van der Waals surface area contributed by atoms with Crippen LogP contribution in [0, 0.1) is 11.7 Å². The molecule has 7 nitrogen and oxygen atoms in total. The SMILES string of the molecule is CCNC(=NCC(c1ccc(F)cc1)N1CCOCC1)NCCNC(=O)C1CC1. The molecule has 8 heteroatoms. The fraction of sp³-hybridized carbons (Fsp3) is 0.619. The smallest absolute Gasteiger partial charge is 0.223 e. The average molecular weight is 406 g/mol. The van der Waals surface area contributed by atoms with E-state index in [9.17, 15) is 9.18 Å². The topological polar surface area (TPSA) is 78.0 Å². The van der Waals surface area contributed by atoms with E-state index < -0.39 is 0 Å². The minimum atomic E-state index is -0.235. The van der Waals surface area contributed by atoms with Gasteiger partial charge in [0, 0.05) is 38.6 Å². The lowest BCUT2D eigenvalue weighted by Crippen LogP contribution is -2.43. The van der Waals surface area contributed by atoms with Crippen molar-refractivity contribution in [1.82, 2.24) is 20.9 Å². The van der Waals surface area contributed by atoms with Crippen LogP contribution in [0.1, 0.15) is 31.4 Å². The second-order valence-corrected chi connectivity index (χ2v) is 7.43. The molecular formula is C21H32FN5O2. The first-order valence-corrected chi connectivity index (χ1v) is 10.5. The van der Waals surface area contributed by atoms with Crippen LogP contribution >= 0.6 is 0 Å². The molecule has 0 bridgehead atoms. The van der Waals surface area contributed by atoms with Gasteiger partial charge in [-0.25, -0.2) is 4.39 Å². The highest BCUT2D eigenvalue weighted by atomic mass is 19.1. The number of carbonyl (C=O) groups is 1. The summed E-state index contributed by atoms with van der Waals surface area (Å²) in [4.78, 5) is 18.8. The molecule has 1 saturated heterocycles. The summed E-state index contributed by atoms with van der Waals surface area (Å²) in [7, 11) is 0. The Bertz CT molecular complexity index is 672. The zero-order valence-corrected chi connectivity index (χ0v) is 17.1. The van der Waals surface area contributed by atoms with Crippen LogP contribution in [0.2, 0.25) is 0 Å². The molecule has 1 aliphatic carbocycles. The molecule has 160 valence electrons. The van der Waals surface area contributed by atoms with Crippen molar-refractivity contribution in [3.8, 4) is 0 Å². The third-order valence-corrected chi connectivity index (χ3v) is 5.17. The number of hydrogen-bond donors (Lipinski definition) is 3. The van der Waals surface area contributed by atoms with Crippen LogP contribution in [-0.4, -0.2) is 69.2 Å². The highest BCUT2D eigenvalue weighted by Gasteiger charge is 2.29. The van der Waals surface area contributed by atoms with Gasteiger partial charge < -0.3 is 20.7 Å². The second kappa shape index (κ2) is 11.1. The van der Waals surface area contributed by atoms with Crippen molar-refractivity contribution >= 4 is 11.9 Å². The molecule has 3 rings (SSSR count). The molecular weight excluding hydrogens is 373 g/mol. The van der Waals surface area contributed by atoms with E-state index in [4.69, 9.17) is 9.73 Å². The van der Waals surface area contributed by atoms with Crippen molar-refractivity contribution in [2.45, 2.75) is 25.8 Å². The van der Waals surface area contributed by atoms with Crippen molar-refractivity contribution in [3.05, 3.63) is 35.6 Å². The van der Waals surface area contributed by atoms with E-state index in [2.05, 4.69) is 20.9 Å². The third-order valence-electron chi connectivity index (χ3n) is 5.17. The number of guanidine groups is 1. The number of nitrogens with one attached hydrogen (secondary N) is 3. The molecule has 2 fully saturated rings. The molecule has 29 heavy (non-hydrogen) atoms. The van der Waals surface area contributed by atoms with Gasteiger partial charge in [0.15, 0.2) is 5.96 Å². The molecule has 1 aromatic rings. The standard InChI is InChI=1S/C21H32FN5O2/c1-2-23-21(25-10-9-24-20(28)17-3-4-17)26-15-19(27-11-13-29-14-12-27)16-5-7-18(22)8-6-16/h5-8,17,19H,2-4,9-15H2,1H3,(H,24,28)(H2,23,25,26). The summed E-state index contributed by atoms with van der Waals surface area (Å²) in [5.74, 6) is 0.856. The highest BCUT2D eigenvalue weighted by molar-refractivity contribution is 5.81. The number of morpholine rings is 1. The van der Waals surface area contributed by atoms with E-state index in [0.717, 1.165) is 38.0 Å². The molecule has 1 heterocycles. The molecule has 1 saturated carbocycles. The number of nitrogens with zero attached hydrogens (tertiary/aromatic N) is 2. The third kappa shape index (κ3) is 6.97. The maximum Gasteiger partial charge on any atom is 0.223 e. The number of aliphatic imine (C=N–C) groups is 1. The minimum absolute atomic E-state index is 0.0597. The van der Waals surface area contributed by atoms with Gasteiger partial charge in [-0.15, -0.1) is 0 Å². The van der Waals surface area contributed by atoms with Crippen molar-refractivity contribution in [2.75, 3.05) is 52.5 Å². The average Bonchev–Trinajstić information content (AvgIpc) is 3.58. The summed E-state index contributed by atoms with van der Waals surface area (Å²) >= 11 is 0. The molecule has 1 aromatic carbocycles. The van der Waals surface area contributed by atoms with Crippen molar-refractivity contribution in [3.63, 3.8) is 0 Å². The largest absolute Gasteiger partial charge is 0.379 e. The van der Waals surface area contributed by atoms with Crippen LogP contribution < -0.4 is 16.0 Å². The van der Waals surface area contributed by atoms with Gasteiger partial charge in [-0.05, 0) is 37.5 Å². The van der Waals surface area contributed by atoms with Crippen molar-refractivity contribution in [2.24, 2.45) is 10.9 Å². The fourth-order valence-electron chi connectivity index (χ4n) is 3.38. The maximum atomic E-state index is 13.4. The Morgan fingerprint density at radius 3 is 2.52 bits per heavy atom. The Morgan fingerprint density at radius 1 is 1.17 bits per heavy atom. The van der Waals surface area contributed by atoms with Gasteiger partial charge >= 0.3 is 0 Å². The van der Waals surface area contributed by atoms with Crippen LogP contribution in [0.15, 0.2) is 29.3 Å². The maximum absolute atomic E-state index is 13.4. The van der Waals surface area contributed by atoms with Gasteiger partial charge in [0.1, 0.15) is 5.82 Å². The molecule has 0 spiro atoms. The summed E-state index contributed by atoms with van der Waals surface area (Å²) < 4.78 is 18.9. The quantitative estimate of drug-likeness (QED) is 0.328. The van der Waals surface area contributed by atoms with Crippen LogP contribution in [0.4, 0.5) is 4.39 Å². The Hall–Kier alpha value is -2.19. The van der Waals surface area contributed by atoms with Crippen LogP contribution in [0.3, 0.4) is 0 Å². The molecule has 3 N–H and O–H groups in total. The number of ether oxygens (including phenoxy) is 1. The number of hydrogen-bond acceptors (Lipinski definition) is 4. The summed E-state index contributed by atoms with van der Waals surface area (Å²) in [5.41, 5.74) is 1.05. The van der Waals surface area contributed by atoms with Crippen LogP contribution in [0.25, 0.3) is 0 Å². The van der Waals surface area contributed by atoms with E-state index in [1.165, 1.54) is 12.1 Å². The highest BCUT2D eigenvalue weighted by Crippen LogP contribution is 2.28. The van der Waals surface area contributed by atoms with Gasteiger partial charge in [-0.1, -0.05) is 12.1 Å². The molecule has 0 aromatic heterocycles. The monoisotopic (exact) mass is 405 g/mol. The number of amides is 1. The van der Waals surface area contributed by atoms with Crippen molar-refractivity contribution < 1.29 is 13.9 Å². The lowest BCUT2D eigenvalue weighted by Gasteiger charge is -2.34. The van der Waals surface area contributed by atoms with Crippen molar-refractivity contribution in [1.29, 1.82) is 0 Å². The summed E-state index contributed by atoms with van der Waals surface area (Å²) in [5, 5.41) is 9.47. The molecule has 1 aliphatic heterocycles. The lowest BCUT2D eigenvalue weighted by molar-refractivity contribution is -0.122. The number of carbonyl (C=O) groups excluding carboxylic acids is 1. The Labute approximate surface area is 172 Å². The van der Waals surface area contributed by atoms with Gasteiger partial charge in [0.25, 0.3) is 0 Å². The van der Waals surface area contributed by atoms with Gasteiger partial charge in [-0.3, -0.25) is 14.7 Å². The van der Waals surface area contributed by atoms with Crippen LogP contribution in [0.5, 0.6) is 0 Å². The molecule has 0 radical (unpaired) electrons. The zero-order chi connectivity index (χ0) is 20.5. The molecule has 1 unspecified atom stereocenters. The fourth-order valence-corrected chi connectivity index (χ4v) is 3.38. The predicted molar refractivity (Wildman–Crippen MR) is 111 cm³/mol. The minimum Gasteiger partial charge on any atom is -0.379 e. The number of benzene rings is 1. The molecule has 1 amide bonds. The first-order valence-electron chi connectivity index (χ1n) is 10.5. The Balaban J connectivity index is 1.58. The van der Waals surface area contributed by atoms with E-state index in [0.29, 0.717) is 38.8 Å². The lowest BCUT2D eigenvalue weighted by atomic mass is 10.0. The molecule has 1 atom stereocenters. The predicted octanol–water partition coefficient (Wildman–Crippen LogP) is 1.28. The Kier molecular flexibility index (Phi) is 8.25. The normalized spacial score (nSPS) is 18.9. The first-order chi connectivity index (χ1) is 14.2. The van der Waals surface area contributed by atoms with Crippen LogP contribution in [-0.2, 0) is 9.53 Å². The van der Waals surface area contributed by atoms with Gasteiger partial charge in [-0.2, -0.15) is 0 Å². The number of halogens is 1. The zero-order valence-electron chi connectivity index (χ0n) is 17.1. The first kappa shape index (κ1) is 21.5. The van der Waals surface area contributed by atoms with Gasteiger partial charge in [0.05, 0.1) is 25.8 Å². The van der Waals surface area contributed by atoms with Gasteiger partial charge in [0.2, 0.25) is 5.91 Å².